The van der Waals surface area contributed by atoms with Crippen LogP contribution in [0.15, 0.2) is 42.5 Å². The number of fused-ring (bicyclic) bond motifs is 1. The van der Waals surface area contributed by atoms with Crippen LogP contribution < -0.4 is 0 Å². The van der Waals surface area contributed by atoms with Gasteiger partial charge in [0.1, 0.15) is 11.5 Å². The zero-order valence-electron chi connectivity index (χ0n) is 15.3. The van der Waals surface area contributed by atoms with E-state index in [2.05, 4.69) is 6.92 Å². The number of carbonyl (C=O) groups is 2. The number of rotatable bonds is 6. The zero-order valence-corrected chi connectivity index (χ0v) is 15.3. The second-order valence-electron chi connectivity index (χ2n) is 7.47. The molecular weight excluding hydrogens is 330 g/mol. The lowest BCUT2D eigenvalue weighted by atomic mass is 9.77. The molecule has 1 amide bonds. The van der Waals surface area contributed by atoms with Crippen molar-refractivity contribution in [3.8, 4) is 0 Å². The van der Waals surface area contributed by atoms with Crippen LogP contribution in [0, 0.1) is 11.8 Å². The maximum atomic E-state index is 13.2. The smallest absolute Gasteiger partial charge is 0.312 e. The quantitative estimate of drug-likeness (QED) is 0.447. The van der Waals surface area contributed by atoms with Crippen molar-refractivity contribution in [2.45, 2.75) is 44.4 Å². The molecule has 0 aliphatic carbocycles. The average molecular weight is 355 g/mol. The summed E-state index contributed by atoms with van der Waals surface area (Å²) >= 11 is 0. The molecule has 0 saturated carbocycles. The molecule has 3 aliphatic rings. The molecule has 4 rings (SSSR count). The molecule has 5 atom stereocenters. The fourth-order valence-corrected chi connectivity index (χ4v) is 4.45. The first-order chi connectivity index (χ1) is 12.6. The molecule has 5 heteroatoms. The van der Waals surface area contributed by atoms with Crippen LogP contribution in [-0.4, -0.2) is 41.6 Å². The lowest BCUT2D eigenvalue weighted by molar-refractivity contribution is -0.154. The third-order valence-corrected chi connectivity index (χ3v) is 5.89. The Labute approximate surface area is 154 Å². The van der Waals surface area contributed by atoms with E-state index in [0.717, 1.165) is 18.4 Å². The standard InChI is InChI=1S/C21H25NO4/c1-3-4-12-25-20(24)17-16-10-11-21(26-16)13-22(19(23)18(17)21)14(2)15-8-6-5-7-9-15/h5-11,14,16-18H,3-4,12-13H2,1-2H3/t14?,16-,17?,18-,21?/m1/s1. The number of benzene rings is 1. The first-order valence-corrected chi connectivity index (χ1v) is 9.46. The zero-order chi connectivity index (χ0) is 18.3. The molecule has 0 radical (unpaired) electrons. The van der Waals surface area contributed by atoms with Gasteiger partial charge < -0.3 is 14.4 Å². The van der Waals surface area contributed by atoms with E-state index in [1.165, 1.54) is 0 Å². The van der Waals surface area contributed by atoms with Crippen LogP contribution >= 0.6 is 0 Å². The van der Waals surface area contributed by atoms with Crippen molar-refractivity contribution in [1.29, 1.82) is 0 Å². The summed E-state index contributed by atoms with van der Waals surface area (Å²) in [6, 6.07) is 9.90. The van der Waals surface area contributed by atoms with Gasteiger partial charge in [0, 0.05) is 0 Å². The summed E-state index contributed by atoms with van der Waals surface area (Å²) in [6.45, 7) is 4.96. The van der Waals surface area contributed by atoms with E-state index in [9.17, 15) is 9.59 Å². The van der Waals surface area contributed by atoms with Gasteiger partial charge >= 0.3 is 5.97 Å². The molecule has 0 aromatic heterocycles. The Hall–Kier alpha value is -2.14. The highest BCUT2D eigenvalue weighted by atomic mass is 16.6. The highest BCUT2D eigenvalue weighted by Gasteiger charge is 2.67. The number of ether oxygens (including phenoxy) is 2. The van der Waals surface area contributed by atoms with Crippen molar-refractivity contribution in [3.05, 3.63) is 48.0 Å². The molecule has 3 heterocycles. The highest BCUT2D eigenvalue weighted by Crippen LogP contribution is 2.53. The normalized spacial score (nSPS) is 32.8. The van der Waals surface area contributed by atoms with Gasteiger partial charge in [-0.3, -0.25) is 9.59 Å². The minimum atomic E-state index is -0.681. The van der Waals surface area contributed by atoms with Gasteiger partial charge in [-0.15, -0.1) is 0 Å². The Kier molecular flexibility index (Phi) is 4.35. The second-order valence-corrected chi connectivity index (χ2v) is 7.47. The molecule has 2 bridgehead atoms. The van der Waals surface area contributed by atoms with Crippen LogP contribution in [0.3, 0.4) is 0 Å². The number of likely N-dealkylation sites (tertiary alicyclic amines) is 1. The van der Waals surface area contributed by atoms with Crippen molar-refractivity contribution >= 4 is 11.9 Å². The monoisotopic (exact) mass is 355 g/mol. The molecule has 2 saturated heterocycles. The Morgan fingerprint density at radius 3 is 2.88 bits per heavy atom. The Bertz CT molecular complexity index is 731. The van der Waals surface area contributed by atoms with Crippen LogP contribution in [0.1, 0.15) is 38.3 Å². The van der Waals surface area contributed by atoms with E-state index in [-0.39, 0.29) is 24.0 Å². The summed E-state index contributed by atoms with van der Waals surface area (Å²) in [6.07, 6.45) is 5.36. The maximum absolute atomic E-state index is 13.2. The van der Waals surface area contributed by atoms with Crippen LogP contribution in [0.4, 0.5) is 0 Å². The van der Waals surface area contributed by atoms with E-state index >= 15 is 0 Å². The SMILES string of the molecule is CCCCOC(=O)C1[C@H]2C=CC3(CN(C(C)c4ccccc4)C(=O)[C@@H]13)O2. The Balaban J connectivity index is 1.56. The van der Waals surface area contributed by atoms with Crippen LogP contribution in [0.25, 0.3) is 0 Å². The number of unbranched alkanes of at least 4 members (excludes halogenated alkanes) is 1. The molecule has 0 N–H and O–H groups in total. The van der Waals surface area contributed by atoms with Crippen molar-refractivity contribution in [1.82, 2.24) is 4.90 Å². The summed E-state index contributed by atoms with van der Waals surface area (Å²) in [4.78, 5) is 27.7. The van der Waals surface area contributed by atoms with E-state index < -0.39 is 17.4 Å². The van der Waals surface area contributed by atoms with E-state index in [4.69, 9.17) is 9.47 Å². The third-order valence-electron chi connectivity index (χ3n) is 5.89. The number of esters is 1. The van der Waals surface area contributed by atoms with Gasteiger partial charge in [-0.25, -0.2) is 0 Å². The fraction of sp³-hybridized carbons (Fsp3) is 0.524. The van der Waals surface area contributed by atoms with Gasteiger partial charge in [0.25, 0.3) is 0 Å². The molecule has 1 aromatic carbocycles. The van der Waals surface area contributed by atoms with Crippen molar-refractivity contribution in [2.75, 3.05) is 13.2 Å². The van der Waals surface area contributed by atoms with E-state index in [1.807, 2.05) is 54.3 Å². The minimum Gasteiger partial charge on any atom is -0.465 e. The van der Waals surface area contributed by atoms with Gasteiger partial charge in [0.15, 0.2) is 0 Å². The summed E-state index contributed by atoms with van der Waals surface area (Å²) in [5, 5.41) is 0. The number of carbonyl (C=O) groups excluding carboxylic acids is 2. The number of hydrogen-bond acceptors (Lipinski definition) is 4. The molecule has 5 nitrogen and oxygen atoms in total. The minimum absolute atomic E-state index is 0.00866. The molecule has 2 fully saturated rings. The molecular formula is C21H25NO4. The predicted molar refractivity (Wildman–Crippen MR) is 96.2 cm³/mol. The molecule has 3 aliphatic heterocycles. The largest absolute Gasteiger partial charge is 0.465 e. The Morgan fingerprint density at radius 2 is 2.15 bits per heavy atom. The average Bonchev–Trinajstić information content (AvgIpc) is 3.30. The summed E-state index contributed by atoms with van der Waals surface area (Å²) < 4.78 is 11.6. The molecule has 138 valence electrons. The first-order valence-electron chi connectivity index (χ1n) is 9.46. The van der Waals surface area contributed by atoms with Crippen LogP contribution in [0.2, 0.25) is 0 Å². The van der Waals surface area contributed by atoms with Gasteiger partial charge in [-0.05, 0) is 18.9 Å². The molecule has 3 unspecified atom stereocenters. The van der Waals surface area contributed by atoms with Crippen molar-refractivity contribution in [2.24, 2.45) is 11.8 Å². The first kappa shape index (κ1) is 17.3. The molecule has 1 spiro atoms. The maximum Gasteiger partial charge on any atom is 0.312 e. The van der Waals surface area contributed by atoms with Gasteiger partial charge in [0.2, 0.25) is 5.91 Å². The third kappa shape index (κ3) is 2.57. The number of hydrogen-bond donors (Lipinski definition) is 0. The summed E-state index contributed by atoms with van der Waals surface area (Å²) in [5.74, 6) is -1.32. The van der Waals surface area contributed by atoms with Gasteiger partial charge in [-0.1, -0.05) is 55.8 Å². The topological polar surface area (TPSA) is 55.8 Å². The van der Waals surface area contributed by atoms with E-state index in [1.54, 1.807) is 0 Å². The Morgan fingerprint density at radius 1 is 1.38 bits per heavy atom. The van der Waals surface area contributed by atoms with Crippen LogP contribution in [-0.2, 0) is 19.1 Å². The van der Waals surface area contributed by atoms with Gasteiger partial charge in [0.05, 0.1) is 31.2 Å². The van der Waals surface area contributed by atoms with Crippen LogP contribution in [0.5, 0.6) is 0 Å². The fourth-order valence-electron chi connectivity index (χ4n) is 4.45. The lowest BCUT2D eigenvalue weighted by Gasteiger charge is -2.27. The summed E-state index contributed by atoms with van der Waals surface area (Å²) in [5.41, 5.74) is 0.400. The lowest BCUT2D eigenvalue weighted by Crippen LogP contribution is -2.40. The second kappa shape index (κ2) is 6.54. The van der Waals surface area contributed by atoms with Crippen molar-refractivity contribution < 1.29 is 19.1 Å². The number of amides is 1. The summed E-state index contributed by atoms with van der Waals surface area (Å²) in [7, 11) is 0. The number of nitrogens with zero attached hydrogens (tertiary/aromatic N) is 1. The van der Waals surface area contributed by atoms with Crippen molar-refractivity contribution in [3.63, 3.8) is 0 Å². The molecule has 1 aromatic rings. The predicted octanol–water partition coefficient (Wildman–Crippen LogP) is 2.87. The van der Waals surface area contributed by atoms with Gasteiger partial charge in [-0.2, -0.15) is 0 Å². The van der Waals surface area contributed by atoms with E-state index in [0.29, 0.717) is 13.2 Å². The molecule has 26 heavy (non-hydrogen) atoms. The highest BCUT2D eigenvalue weighted by molar-refractivity contribution is 5.91.